The summed E-state index contributed by atoms with van der Waals surface area (Å²) in [6.45, 7) is -0.819. The molecule has 0 amide bonds. The molecule has 2 aromatic carbocycles. The van der Waals surface area contributed by atoms with E-state index >= 15 is 0 Å². The van der Waals surface area contributed by atoms with Gasteiger partial charge in [0.05, 0.1) is 32.0 Å². The molecule has 5 unspecified atom stereocenters. The van der Waals surface area contributed by atoms with Crippen molar-refractivity contribution < 1.29 is 69.0 Å². The molecule has 14 heteroatoms. The molecule has 2 aliphatic rings. The van der Waals surface area contributed by atoms with E-state index in [9.17, 15) is 45.3 Å². The molecule has 0 aromatic heterocycles. The van der Waals surface area contributed by atoms with Gasteiger partial charge in [0.15, 0.2) is 35.2 Å². The minimum Gasteiger partial charge on any atom is -0.504 e. The average Bonchev–Trinajstić information content (AvgIpc) is 2.84. The molecule has 0 spiro atoms. The highest BCUT2D eigenvalue weighted by Gasteiger charge is 2.49. The highest BCUT2D eigenvalue weighted by molar-refractivity contribution is 6.08. The van der Waals surface area contributed by atoms with Crippen molar-refractivity contribution in [2.75, 3.05) is 20.8 Å². The van der Waals surface area contributed by atoms with Crippen molar-refractivity contribution in [3.05, 3.63) is 23.3 Å². The van der Waals surface area contributed by atoms with Crippen LogP contribution in [0.4, 0.5) is 0 Å². The number of carbonyl (C=O) groups is 2. The van der Waals surface area contributed by atoms with E-state index < -0.39 is 106 Å². The Morgan fingerprint density at radius 1 is 0.806 bits per heavy atom. The molecule has 7 N–H and O–H groups in total. The third-order valence-corrected chi connectivity index (χ3v) is 5.86. The number of benzene rings is 2. The zero-order chi connectivity index (χ0) is 26.5. The van der Waals surface area contributed by atoms with Gasteiger partial charge in [-0.3, -0.25) is 0 Å². The van der Waals surface area contributed by atoms with Gasteiger partial charge in [-0.15, -0.1) is 0 Å². The van der Waals surface area contributed by atoms with Crippen LogP contribution in [0.5, 0.6) is 34.5 Å². The number of fused-ring (bicyclic) bond motifs is 5. The maximum Gasteiger partial charge on any atom is 0.341 e. The van der Waals surface area contributed by atoms with Crippen molar-refractivity contribution >= 4 is 11.9 Å². The fourth-order valence-corrected chi connectivity index (χ4v) is 4.15. The molecule has 1 fully saturated rings. The molecule has 0 aliphatic carbocycles. The van der Waals surface area contributed by atoms with Crippen LogP contribution in [0.1, 0.15) is 20.7 Å². The van der Waals surface area contributed by atoms with Gasteiger partial charge in [-0.25, -0.2) is 9.59 Å². The number of carbonyl (C=O) groups excluding carboxylic acids is 2. The fraction of sp³-hybridized carbons (Fsp3) is 0.364. The Bertz CT molecular complexity index is 1220. The minimum atomic E-state index is -1.96. The normalized spacial score (nSPS) is 25.5. The van der Waals surface area contributed by atoms with Crippen molar-refractivity contribution in [3.8, 4) is 45.6 Å². The molecule has 4 rings (SSSR count). The van der Waals surface area contributed by atoms with Crippen LogP contribution < -0.4 is 9.47 Å². The standard InChI is InChI=1S/C22H22O14/c1-32-17-8(24)3-6-11(14(17)27)12-7(4-9(25)18(33-2)15(12)28)21(31)36-22-16(29)19(35-20(6)30)13(26)10(5-23)34-22/h3-4,10,13,16,19,22-29H,5H2,1-2H3. The van der Waals surface area contributed by atoms with E-state index in [4.69, 9.17) is 23.7 Å². The maximum atomic E-state index is 13.3. The number of hydrogen-bond acceptors (Lipinski definition) is 14. The molecule has 1 saturated heterocycles. The summed E-state index contributed by atoms with van der Waals surface area (Å²) in [5.41, 5.74) is -2.48. The van der Waals surface area contributed by atoms with Crippen LogP contribution in [0.15, 0.2) is 12.1 Å². The van der Waals surface area contributed by atoms with Crippen molar-refractivity contribution in [1.29, 1.82) is 0 Å². The molecule has 5 atom stereocenters. The fourth-order valence-electron chi connectivity index (χ4n) is 4.15. The number of aliphatic hydroxyl groups excluding tert-OH is 3. The number of esters is 2. The second-order valence-electron chi connectivity index (χ2n) is 7.88. The topological polar surface area (TPSA) is 222 Å². The van der Waals surface area contributed by atoms with Gasteiger partial charge < -0.3 is 59.4 Å². The van der Waals surface area contributed by atoms with Crippen LogP contribution in [0.2, 0.25) is 0 Å². The van der Waals surface area contributed by atoms with Gasteiger partial charge in [0.2, 0.25) is 17.8 Å². The van der Waals surface area contributed by atoms with Crippen LogP contribution in [0, 0.1) is 0 Å². The van der Waals surface area contributed by atoms with Gasteiger partial charge in [-0.2, -0.15) is 0 Å². The van der Waals surface area contributed by atoms with Crippen LogP contribution >= 0.6 is 0 Å². The number of hydrogen-bond donors (Lipinski definition) is 7. The van der Waals surface area contributed by atoms with Crippen molar-refractivity contribution in [2.45, 2.75) is 30.7 Å². The quantitative estimate of drug-likeness (QED) is 0.255. The van der Waals surface area contributed by atoms with E-state index in [1.165, 1.54) is 0 Å². The van der Waals surface area contributed by atoms with Crippen molar-refractivity contribution in [2.24, 2.45) is 0 Å². The molecule has 2 heterocycles. The molecular weight excluding hydrogens is 488 g/mol. The molecule has 36 heavy (non-hydrogen) atoms. The first-order valence-electron chi connectivity index (χ1n) is 10.4. The Morgan fingerprint density at radius 3 is 1.72 bits per heavy atom. The van der Waals surface area contributed by atoms with Gasteiger partial charge >= 0.3 is 11.9 Å². The first kappa shape index (κ1) is 25.1. The van der Waals surface area contributed by atoms with Gasteiger partial charge in [-0.05, 0) is 12.1 Å². The van der Waals surface area contributed by atoms with Gasteiger partial charge in [-0.1, -0.05) is 0 Å². The number of ether oxygens (including phenoxy) is 5. The zero-order valence-corrected chi connectivity index (χ0v) is 18.7. The van der Waals surface area contributed by atoms with E-state index in [1.807, 2.05) is 0 Å². The summed E-state index contributed by atoms with van der Waals surface area (Å²) in [4.78, 5) is 26.4. The lowest BCUT2D eigenvalue weighted by atomic mass is 9.91. The van der Waals surface area contributed by atoms with E-state index in [1.54, 1.807) is 0 Å². The van der Waals surface area contributed by atoms with E-state index in [-0.39, 0.29) is 0 Å². The van der Waals surface area contributed by atoms with Crippen LogP contribution in [-0.4, -0.2) is 99.2 Å². The number of aliphatic hydroxyl groups is 3. The van der Waals surface area contributed by atoms with Crippen LogP contribution in [0.25, 0.3) is 11.1 Å². The first-order valence-corrected chi connectivity index (χ1v) is 10.4. The number of aromatic hydroxyl groups is 4. The number of methoxy groups -OCH3 is 2. The summed E-state index contributed by atoms with van der Waals surface area (Å²) < 4.78 is 25.6. The van der Waals surface area contributed by atoms with E-state index in [0.29, 0.717) is 0 Å². The Hall–Kier alpha value is -3.98. The highest BCUT2D eigenvalue weighted by atomic mass is 16.7. The first-order chi connectivity index (χ1) is 17.0. The minimum absolute atomic E-state index is 0.548. The van der Waals surface area contributed by atoms with Gasteiger partial charge in [0.1, 0.15) is 12.2 Å². The third-order valence-electron chi connectivity index (χ3n) is 5.86. The van der Waals surface area contributed by atoms with E-state index in [0.717, 1.165) is 26.4 Å². The summed E-state index contributed by atoms with van der Waals surface area (Å²) in [7, 11) is 2.17. The monoisotopic (exact) mass is 510 g/mol. The molecule has 0 radical (unpaired) electrons. The summed E-state index contributed by atoms with van der Waals surface area (Å²) in [6, 6.07) is 1.59. The van der Waals surface area contributed by atoms with Crippen LogP contribution in [0.3, 0.4) is 0 Å². The predicted octanol–water partition coefficient (Wildman–Crippen LogP) is -0.672. The maximum absolute atomic E-state index is 13.3. The highest BCUT2D eigenvalue weighted by Crippen LogP contribution is 2.53. The Morgan fingerprint density at radius 2 is 1.28 bits per heavy atom. The van der Waals surface area contributed by atoms with Gasteiger partial charge in [0.25, 0.3) is 0 Å². The van der Waals surface area contributed by atoms with E-state index in [2.05, 4.69) is 0 Å². The summed E-state index contributed by atoms with van der Waals surface area (Å²) >= 11 is 0. The molecule has 0 saturated carbocycles. The lowest BCUT2D eigenvalue weighted by Gasteiger charge is -2.40. The van der Waals surface area contributed by atoms with Gasteiger partial charge in [0, 0.05) is 11.1 Å². The largest absolute Gasteiger partial charge is 0.504 e. The lowest BCUT2D eigenvalue weighted by Crippen LogP contribution is -2.60. The molecule has 14 nitrogen and oxygen atoms in total. The second kappa shape index (κ2) is 9.23. The number of phenols is 4. The lowest BCUT2D eigenvalue weighted by molar-refractivity contribution is -0.284. The smallest absolute Gasteiger partial charge is 0.341 e. The summed E-state index contributed by atoms with van der Waals surface area (Å²) in [5, 5.41) is 73.1. The van der Waals surface area contributed by atoms with Crippen molar-refractivity contribution in [3.63, 3.8) is 0 Å². The molecule has 2 aromatic rings. The number of rotatable bonds is 3. The molecular formula is C22H22O14. The Balaban J connectivity index is 2.09. The third kappa shape index (κ3) is 3.76. The zero-order valence-electron chi connectivity index (χ0n) is 18.7. The van der Waals surface area contributed by atoms with Crippen molar-refractivity contribution in [1.82, 2.24) is 0 Å². The molecule has 2 bridgehead atoms. The molecule has 2 aliphatic heterocycles. The Labute approximate surface area is 202 Å². The Kier molecular flexibility index (Phi) is 6.44. The number of phenolic OH excluding ortho intramolecular Hbond substituents is 4. The second-order valence-corrected chi connectivity index (χ2v) is 7.88. The summed E-state index contributed by atoms with van der Waals surface area (Å²) in [6.07, 6.45) is -8.89. The predicted molar refractivity (Wildman–Crippen MR) is 114 cm³/mol. The SMILES string of the molecule is COc1c(O)cc2c(c1O)-c1c(cc(O)c(OC)c1O)C(=O)OC1C(O)C(CO)OC(OC2=O)C1O. The molecule has 194 valence electrons. The summed E-state index contributed by atoms with van der Waals surface area (Å²) in [5.74, 6) is -7.09. The van der Waals surface area contributed by atoms with Crippen LogP contribution in [-0.2, 0) is 14.2 Å². The average molecular weight is 510 g/mol.